The molecule has 2 nitrogen and oxygen atoms in total. The molecule has 1 rings (SSSR count). The maximum atomic E-state index is 12.4. The normalized spacial score (nSPS) is 12.0. The molecule has 0 aliphatic heterocycles. The summed E-state index contributed by atoms with van der Waals surface area (Å²) in [4.78, 5) is 3.56. The van der Waals surface area contributed by atoms with Crippen molar-refractivity contribution in [1.82, 2.24) is 4.98 Å². The average Bonchev–Trinajstić information content (AvgIpc) is 2.07. The molecule has 0 saturated carbocycles. The summed E-state index contributed by atoms with van der Waals surface area (Å²) in [6.45, 7) is 1.25. The first kappa shape index (κ1) is 13.4. The molecule has 0 N–H and O–H groups in total. The highest BCUT2D eigenvalue weighted by Gasteiger charge is 2.32. The fraction of sp³-hybridized carbons (Fsp3) is 0.375. The average molecular weight is 353 g/mol. The van der Waals surface area contributed by atoms with Crippen molar-refractivity contribution in [3.63, 3.8) is 0 Å². The van der Waals surface area contributed by atoms with Crippen molar-refractivity contribution < 1.29 is 26.7 Å². The third kappa shape index (κ3) is 3.42. The molecular weight excluding hydrogens is 348 g/mol. The monoisotopic (exact) mass is 353 g/mol. The van der Waals surface area contributed by atoms with Gasteiger partial charge in [0.25, 0.3) is 6.43 Å². The summed E-state index contributed by atoms with van der Waals surface area (Å²) in [6, 6.07) is 0.655. The first-order valence-corrected chi connectivity index (χ1v) is 4.99. The van der Waals surface area contributed by atoms with Gasteiger partial charge in [0.05, 0.1) is 11.3 Å². The van der Waals surface area contributed by atoms with Crippen LogP contribution < -0.4 is 4.74 Å². The van der Waals surface area contributed by atoms with E-state index in [-0.39, 0.29) is 9.39 Å². The van der Waals surface area contributed by atoms with Crippen molar-refractivity contribution in [2.45, 2.75) is 19.7 Å². The quantitative estimate of drug-likeness (QED) is 0.458. The molecule has 16 heavy (non-hydrogen) atoms. The van der Waals surface area contributed by atoms with E-state index in [1.807, 2.05) is 0 Å². The first-order chi connectivity index (χ1) is 7.20. The Hall–Kier alpha value is -0.670. The number of aryl methyl sites for hydroxylation is 1. The number of hydrogen-bond acceptors (Lipinski definition) is 2. The van der Waals surface area contributed by atoms with Gasteiger partial charge in [-0.05, 0) is 35.6 Å². The van der Waals surface area contributed by atoms with Crippen LogP contribution in [-0.4, -0.2) is 11.3 Å². The second-order valence-electron chi connectivity index (χ2n) is 2.80. The number of ether oxygens (including phenoxy) is 1. The zero-order chi connectivity index (χ0) is 12.5. The third-order valence-electron chi connectivity index (χ3n) is 1.61. The van der Waals surface area contributed by atoms with Gasteiger partial charge in [-0.3, -0.25) is 0 Å². The molecule has 0 aliphatic carbocycles. The van der Waals surface area contributed by atoms with Crippen molar-refractivity contribution in [2.75, 3.05) is 0 Å². The Balaban J connectivity index is 3.15. The molecule has 8 heteroatoms. The molecule has 1 heterocycles. The number of nitrogens with zero attached hydrogens (tertiary/aromatic N) is 1. The predicted octanol–water partition coefficient (Wildman–Crippen LogP) is 3.83. The zero-order valence-electron chi connectivity index (χ0n) is 7.78. The van der Waals surface area contributed by atoms with E-state index in [0.717, 1.165) is 0 Å². The Bertz CT molecular complexity index is 393. The zero-order valence-corrected chi connectivity index (χ0v) is 9.94. The van der Waals surface area contributed by atoms with E-state index in [4.69, 9.17) is 0 Å². The summed E-state index contributed by atoms with van der Waals surface area (Å²) < 4.78 is 64.1. The Kier molecular flexibility index (Phi) is 3.92. The lowest BCUT2D eigenvalue weighted by molar-refractivity contribution is -0.275. The topological polar surface area (TPSA) is 22.1 Å². The van der Waals surface area contributed by atoms with Gasteiger partial charge in [-0.25, -0.2) is 13.8 Å². The maximum absolute atomic E-state index is 12.4. The molecule has 1 aromatic heterocycles. The largest absolute Gasteiger partial charge is 0.573 e. The van der Waals surface area contributed by atoms with Gasteiger partial charge < -0.3 is 4.74 Å². The highest BCUT2D eigenvalue weighted by molar-refractivity contribution is 14.1. The number of rotatable bonds is 2. The number of pyridine rings is 1. The van der Waals surface area contributed by atoms with E-state index in [1.54, 1.807) is 0 Å². The van der Waals surface area contributed by atoms with E-state index in [9.17, 15) is 22.0 Å². The number of hydrogen-bond donors (Lipinski definition) is 0. The summed E-state index contributed by atoms with van der Waals surface area (Å²) in [5.41, 5.74) is -0.670. The molecule has 0 saturated heterocycles. The molecule has 1 aromatic rings. The van der Waals surface area contributed by atoms with Crippen LogP contribution in [0.4, 0.5) is 22.0 Å². The van der Waals surface area contributed by atoms with Crippen molar-refractivity contribution in [2.24, 2.45) is 0 Å². The van der Waals surface area contributed by atoms with Crippen LogP contribution in [0.15, 0.2) is 6.07 Å². The second-order valence-corrected chi connectivity index (χ2v) is 3.82. The molecule has 0 aliphatic rings. The number of aromatic nitrogens is 1. The molecule has 0 spiro atoms. The van der Waals surface area contributed by atoms with Crippen LogP contribution in [-0.2, 0) is 0 Å². The first-order valence-electron chi connectivity index (χ1n) is 3.91. The maximum Gasteiger partial charge on any atom is 0.573 e. The van der Waals surface area contributed by atoms with Gasteiger partial charge in [0.15, 0.2) is 5.75 Å². The molecule has 0 unspecified atom stereocenters. The number of alkyl halides is 5. The molecule has 90 valence electrons. The van der Waals surface area contributed by atoms with Gasteiger partial charge in [0, 0.05) is 0 Å². The molecule has 0 radical (unpaired) electrons. The van der Waals surface area contributed by atoms with Crippen LogP contribution in [0, 0.1) is 10.6 Å². The molecule has 0 aromatic carbocycles. The van der Waals surface area contributed by atoms with Gasteiger partial charge in [-0.2, -0.15) is 0 Å². The SMILES string of the molecule is Cc1nc(I)c(C(F)F)cc1OC(F)(F)F. The second kappa shape index (κ2) is 4.68. The van der Waals surface area contributed by atoms with Crippen LogP contribution in [0.3, 0.4) is 0 Å². The van der Waals surface area contributed by atoms with Gasteiger partial charge in [-0.1, -0.05) is 0 Å². The Morgan fingerprint density at radius 2 is 1.94 bits per heavy atom. The lowest BCUT2D eigenvalue weighted by atomic mass is 10.2. The van der Waals surface area contributed by atoms with Crippen LogP contribution in [0.1, 0.15) is 17.7 Å². The Morgan fingerprint density at radius 1 is 1.38 bits per heavy atom. The minimum Gasteiger partial charge on any atom is -0.404 e. The van der Waals surface area contributed by atoms with Crippen molar-refractivity contribution in [3.05, 3.63) is 21.0 Å². The summed E-state index contributed by atoms with van der Waals surface area (Å²) in [7, 11) is 0. The summed E-state index contributed by atoms with van der Waals surface area (Å²) in [6.07, 6.45) is -7.81. The van der Waals surface area contributed by atoms with Gasteiger partial charge in [-0.15, -0.1) is 13.2 Å². The molecular formula is C8H5F5INO. The van der Waals surface area contributed by atoms with Crippen molar-refractivity contribution in [1.29, 1.82) is 0 Å². The van der Waals surface area contributed by atoms with Crippen LogP contribution >= 0.6 is 22.6 Å². The minimum absolute atomic E-state index is 0.0420. The van der Waals surface area contributed by atoms with Crippen LogP contribution in [0.2, 0.25) is 0 Å². The highest BCUT2D eigenvalue weighted by Crippen LogP contribution is 2.31. The Labute approximate surface area is 101 Å². The van der Waals surface area contributed by atoms with E-state index in [2.05, 4.69) is 9.72 Å². The summed E-state index contributed by atoms with van der Waals surface area (Å²) >= 11 is 1.53. The van der Waals surface area contributed by atoms with E-state index >= 15 is 0 Å². The summed E-state index contributed by atoms with van der Waals surface area (Å²) in [5, 5.41) is 0. The highest BCUT2D eigenvalue weighted by atomic mass is 127. The van der Waals surface area contributed by atoms with Crippen molar-refractivity contribution in [3.8, 4) is 5.75 Å². The third-order valence-corrected chi connectivity index (χ3v) is 2.47. The smallest absolute Gasteiger partial charge is 0.404 e. The van der Waals surface area contributed by atoms with E-state index in [0.29, 0.717) is 6.07 Å². The van der Waals surface area contributed by atoms with E-state index < -0.39 is 24.1 Å². The standard InChI is InChI=1S/C8H5F5INO/c1-3-5(16-8(11,12)13)2-4(6(9)10)7(14)15-3/h2,6H,1H3. The molecule has 0 bridgehead atoms. The molecule has 0 atom stereocenters. The summed E-state index contributed by atoms with van der Waals surface area (Å²) in [5.74, 6) is -0.705. The van der Waals surface area contributed by atoms with Gasteiger partial charge in [0.1, 0.15) is 3.70 Å². The fourth-order valence-corrected chi connectivity index (χ4v) is 1.71. The van der Waals surface area contributed by atoms with Crippen LogP contribution in [0.5, 0.6) is 5.75 Å². The fourth-order valence-electron chi connectivity index (χ4n) is 0.953. The predicted molar refractivity (Wildman–Crippen MR) is 53.3 cm³/mol. The van der Waals surface area contributed by atoms with E-state index in [1.165, 1.54) is 29.5 Å². The lowest BCUT2D eigenvalue weighted by Crippen LogP contribution is -2.18. The Morgan fingerprint density at radius 3 is 2.38 bits per heavy atom. The minimum atomic E-state index is -4.92. The van der Waals surface area contributed by atoms with Crippen molar-refractivity contribution >= 4 is 22.6 Å². The molecule has 0 amide bonds. The van der Waals surface area contributed by atoms with Gasteiger partial charge >= 0.3 is 6.36 Å². The van der Waals surface area contributed by atoms with Crippen LogP contribution in [0.25, 0.3) is 0 Å². The lowest BCUT2D eigenvalue weighted by Gasteiger charge is -2.13. The number of halogens is 6. The molecule has 0 fully saturated rings. The van der Waals surface area contributed by atoms with Gasteiger partial charge in [0.2, 0.25) is 0 Å².